The average molecular weight is 539 g/mol. The zero-order valence-corrected chi connectivity index (χ0v) is 20.2. The maximum absolute atomic E-state index is 11.0. The molecule has 3 heteroatoms. The summed E-state index contributed by atoms with van der Waals surface area (Å²) in [7, 11) is 0. The summed E-state index contributed by atoms with van der Waals surface area (Å²) in [5, 5.41) is 21.9. The molecule has 0 radical (unpaired) electrons. The van der Waals surface area contributed by atoms with E-state index in [1.807, 2.05) is 36.4 Å². The molecule has 0 saturated carbocycles. The van der Waals surface area contributed by atoms with E-state index in [1.165, 1.54) is 0 Å². The van der Waals surface area contributed by atoms with Gasteiger partial charge in [0.2, 0.25) is 0 Å². The standard InChI is InChI=1S/2C9H10O.C5H5.C2H5.Hf/c2*1-2-5-8-6-3-4-7-9(8)10;1-2-4-5-3-1;1-2;/h2*2-4,6-7,10H,1,5H2;1-3H,4H2;1H2,2H3;/q;;2*-1;+4/p-2. The molecular weight excluding hydrogens is 511 g/mol. The van der Waals surface area contributed by atoms with E-state index in [2.05, 4.69) is 32.2 Å². The molecule has 3 rings (SSSR count). The fraction of sp³-hybridized carbons (Fsp3) is 0.160. The molecule has 0 aromatic heterocycles. The van der Waals surface area contributed by atoms with Gasteiger partial charge in [0.15, 0.2) is 0 Å². The van der Waals surface area contributed by atoms with Gasteiger partial charge in [-0.25, -0.2) is 12.2 Å². The molecule has 144 valence electrons. The van der Waals surface area contributed by atoms with Gasteiger partial charge in [-0.15, -0.1) is 31.1 Å². The second-order valence-electron chi connectivity index (χ2n) is 5.20. The van der Waals surface area contributed by atoms with Crippen molar-refractivity contribution in [3.8, 4) is 11.5 Å². The molecule has 0 saturated heterocycles. The van der Waals surface area contributed by atoms with E-state index in [4.69, 9.17) is 0 Å². The van der Waals surface area contributed by atoms with Gasteiger partial charge in [0.25, 0.3) is 0 Å². The molecule has 2 nitrogen and oxygen atoms in total. The van der Waals surface area contributed by atoms with Crippen molar-refractivity contribution >= 4 is 0 Å². The summed E-state index contributed by atoms with van der Waals surface area (Å²) >= 11 is 0. The number of benzene rings is 2. The van der Waals surface area contributed by atoms with E-state index in [9.17, 15) is 10.2 Å². The van der Waals surface area contributed by atoms with Crippen molar-refractivity contribution < 1.29 is 36.1 Å². The van der Waals surface area contributed by atoms with Crippen LogP contribution in [0.25, 0.3) is 0 Å². The first-order valence-electron chi connectivity index (χ1n) is 8.83. The van der Waals surface area contributed by atoms with Gasteiger partial charge in [0, 0.05) is 0 Å². The Bertz CT molecular complexity index is 656. The van der Waals surface area contributed by atoms with Crippen molar-refractivity contribution in [3.05, 3.63) is 116 Å². The fourth-order valence-corrected chi connectivity index (χ4v) is 2.00. The van der Waals surface area contributed by atoms with Gasteiger partial charge in [0.05, 0.1) is 0 Å². The van der Waals surface area contributed by atoms with E-state index in [0.29, 0.717) is 12.8 Å². The third kappa shape index (κ3) is 13.1. The Morgan fingerprint density at radius 1 is 0.893 bits per heavy atom. The minimum atomic E-state index is 0. The predicted molar refractivity (Wildman–Crippen MR) is 112 cm³/mol. The first-order valence-corrected chi connectivity index (χ1v) is 8.83. The third-order valence-corrected chi connectivity index (χ3v) is 3.26. The van der Waals surface area contributed by atoms with Crippen molar-refractivity contribution in [1.82, 2.24) is 0 Å². The minimum absolute atomic E-state index is 0. The Kier molecular flexibility index (Phi) is 19.7. The SMILES string of the molecule is C=CCc1ccccc1[O-].C=CCc1ccccc1[O-].[C-]1=CC=CC1.[CH2-]C.[Hf+4]. The Morgan fingerprint density at radius 2 is 1.32 bits per heavy atom. The largest absolute Gasteiger partial charge is 4.00 e. The molecule has 0 N–H and O–H groups in total. The van der Waals surface area contributed by atoms with Crippen LogP contribution in [0.2, 0.25) is 0 Å². The van der Waals surface area contributed by atoms with Crippen molar-refractivity contribution in [2.75, 3.05) is 0 Å². The van der Waals surface area contributed by atoms with Crippen molar-refractivity contribution in [3.63, 3.8) is 0 Å². The first kappa shape index (κ1) is 28.1. The Hall–Kier alpha value is -2.13. The van der Waals surface area contributed by atoms with Crippen LogP contribution in [0.1, 0.15) is 24.5 Å². The molecule has 1 aliphatic rings. The first-order chi connectivity index (χ1) is 13.2. The van der Waals surface area contributed by atoms with E-state index in [1.54, 1.807) is 43.3 Å². The molecule has 0 unspecified atom stereocenters. The molecule has 2 aromatic carbocycles. The molecule has 0 bridgehead atoms. The topological polar surface area (TPSA) is 46.1 Å². The summed E-state index contributed by atoms with van der Waals surface area (Å²) < 4.78 is 0. The fourth-order valence-electron chi connectivity index (χ4n) is 2.00. The zero-order chi connectivity index (χ0) is 20.3. The maximum Gasteiger partial charge on any atom is 4.00 e. The van der Waals surface area contributed by atoms with Gasteiger partial charge in [-0.2, -0.15) is 13.0 Å². The minimum Gasteiger partial charge on any atom is -0.872 e. The summed E-state index contributed by atoms with van der Waals surface area (Å²) in [6, 6.07) is 14.0. The molecule has 0 spiro atoms. The molecule has 0 aliphatic heterocycles. The van der Waals surface area contributed by atoms with Crippen LogP contribution >= 0.6 is 0 Å². The number of para-hydroxylation sites is 2. The summed E-state index contributed by atoms with van der Waals surface area (Å²) in [6.45, 7) is 12.1. The van der Waals surface area contributed by atoms with Crippen LogP contribution in [0.15, 0.2) is 92.1 Å². The van der Waals surface area contributed by atoms with Gasteiger partial charge in [-0.1, -0.05) is 71.8 Å². The molecule has 0 heterocycles. The zero-order valence-electron chi connectivity index (χ0n) is 16.6. The van der Waals surface area contributed by atoms with Crippen LogP contribution in [0.5, 0.6) is 11.5 Å². The summed E-state index contributed by atoms with van der Waals surface area (Å²) in [5.74, 6) is 0.199. The molecule has 1 aliphatic carbocycles. The second kappa shape index (κ2) is 19.6. The van der Waals surface area contributed by atoms with Crippen molar-refractivity contribution in [1.29, 1.82) is 0 Å². The van der Waals surface area contributed by atoms with Gasteiger partial charge < -0.3 is 17.1 Å². The van der Waals surface area contributed by atoms with E-state index >= 15 is 0 Å². The molecular formula is C25H28HfO2. The summed E-state index contributed by atoms with van der Waals surface area (Å²) in [6.07, 6.45) is 14.8. The summed E-state index contributed by atoms with van der Waals surface area (Å²) in [4.78, 5) is 0. The Balaban J connectivity index is 0. The smallest absolute Gasteiger partial charge is 0.872 e. The Morgan fingerprint density at radius 3 is 1.57 bits per heavy atom. The predicted octanol–water partition coefficient (Wildman–Crippen LogP) is 5.12. The van der Waals surface area contributed by atoms with Crippen LogP contribution in [-0.4, -0.2) is 0 Å². The van der Waals surface area contributed by atoms with Gasteiger partial charge >= 0.3 is 25.8 Å². The third-order valence-electron chi connectivity index (χ3n) is 3.26. The number of hydrogen-bond acceptors (Lipinski definition) is 2. The summed E-state index contributed by atoms with van der Waals surface area (Å²) in [5.41, 5.74) is 1.63. The van der Waals surface area contributed by atoms with Crippen LogP contribution in [0.4, 0.5) is 0 Å². The molecule has 0 atom stereocenters. The average Bonchev–Trinajstić information content (AvgIpc) is 3.28. The maximum atomic E-state index is 11.0. The van der Waals surface area contributed by atoms with Crippen LogP contribution < -0.4 is 10.2 Å². The molecule has 0 fully saturated rings. The monoisotopic (exact) mass is 540 g/mol. The van der Waals surface area contributed by atoms with Crippen molar-refractivity contribution in [2.45, 2.75) is 26.2 Å². The van der Waals surface area contributed by atoms with Crippen molar-refractivity contribution in [2.24, 2.45) is 0 Å². The molecule has 28 heavy (non-hydrogen) atoms. The second-order valence-corrected chi connectivity index (χ2v) is 5.20. The van der Waals surface area contributed by atoms with Crippen LogP contribution in [0.3, 0.4) is 0 Å². The van der Waals surface area contributed by atoms with E-state index in [0.717, 1.165) is 17.5 Å². The molecule has 2 aromatic rings. The van der Waals surface area contributed by atoms with Gasteiger partial charge in [0.1, 0.15) is 0 Å². The van der Waals surface area contributed by atoms with Gasteiger partial charge in [-0.05, 0) is 12.8 Å². The number of allylic oxidation sites excluding steroid dienone is 6. The van der Waals surface area contributed by atoms with Gasteiger partial charge in [-0.3, -0.25) is 6.08 Å². The number of rotatable bonds is 4. The van der Waals surface area contributed by atoms with E-state index in [-0.39, 0.29) is 37.3 Å². The Labute approximate surface area is 189 Å². The van der Waals surface area contributed by atoms with Crippen LogP contribution in [0, 0.1) is 13.0 Å². The van der Waals surface area contributed by atoms with E-state index < -0.39 is 0 Å². The molecule has 0 amide bonds. The quantitative estimate of drug-likeness (QED) is 0.308. The number of hydrogen-bond donors (Lipinski definition) is 0. The van der Waals surface area contributed by atoms with Crippen LogP contribution in [-0.2, 0) is 38.7 Å². The normalized spacial score (nSPS) is 9.93.